The van der Waals surface area contributed by atoms with Crippen LogP contribution in [-0.2, 0) is 12.8 Å². The van der Waals surface area contributed by atoms with E-state index in [2.05, 4.69) is 61.3 Å². The van der Waals surface area contributed by atoms with Crippen molar-refractivity contribution in [2.45, 2.75) is 32.6 Å². The van der Waals surface area contributed by atoms with E-state index in [9.17, 15) is 0 Å². The predicted molar refractivity (Wildman–Crippen MR) is 94.7 cm³/mol. The molecule has 1 unspecified atom stereocenters. The molecule has 0 aliphatic rings. The molecule has 0 fully saturated rings. The van der Waals surface area contributed by atoms with Gasteiger partial charge in [-0.25, -0.2) is 0 Å². The van der Waals surface area contributed by atoms with Gasteiger partial charge in [0.15, 0.2) is 0 Å². The van der Waals surface area contributed by atoms with E-state index in [-0.39, 0.29) is 0 Å². The average Bonchev–Trinajstić information content (AvgIpc) is 2.57. The molecule has 0 bridgehead atoms. The van der Waals surface area contributed by atoms with Crippen LogP contribution in [0.15, 0.2) is 54.7 Å². The lowest BCUT2D eigenvalue weighted by Gasteiger charge is -2.15. The van der Waals surface area contributed by atoms with E-state index in [0.29, 0.717) is 5.92 Å². The zero-order valence-electron chi connectivity index (χ0n) is 13.0. The van der Waals surface area contributed by atoms with Crippen LogP contribution in [-0.4, -0.2) is 4.98 Å². The van der Waals surface area contributed by atoms with Crippen LogP contribution in [0.1, 0.15) is 36.5 Å². The summed E-state index contributed by atoms with van der Waals surface area (Å²) in [4.78, 5) is 4.61. The Morgan fingerprint density at radius 3 is 2.55 bits per heavy atom. The van der Waals surface area contributed by atoms with E-state index in [1.54, 1.807) is 0 Å². The van der Waals surface area contributed by atoms with Gasteiger partial charge in [-0.3, -0.25) is 4.98 Å². The summed E-state index contributed by atoms with van der Waals surface area (Å²) in [7, 11) is 0. The minimum Gasteiger partial charge on any atom is -0.256 e. The molecule has 1 nitrogen and oxygen atoms in total. The van der Waals surface area contributed by atoms with E-state index in [1.165, 1.54) is 16.5 Å². The van der Waals surface area contributed by atoms with Crippen molar-refractivity contribution in [3.05, 3.63) is 76.4 Å². The topological polar surface area (TPSA) is 12.9 Å². The first kappa shape index (κ1) is 15.1. The molecule has 0 amide bonds. The fourth-order valence-electron chi connectivity index (χ4n) is 3.02. The number of pyridine rings is 1. The number of nitrogens with zero attached hydrogens (tertiary/aromatic N) is 1. The lowest BCUT2D eigenvalue weighted by molar-refractivity contribution is 0.762. The maximum atomic E-state index is 6.49. The first-order valence-corrected chi connectivity index (χ1v) is 8.18. The summed E-state index contributed by atoms with van der Waals surface area (Å²) >= 11 is 6.49. The molecule has 0 aliphatic carbocycles. The summed E-state index contributed by atoms with van der Waals surface area (Å²) in [6, 6.07) is 16.8. The first-order valence-electron chi connectivity index (χ1n) is 7.80. The van der Waals surface area contributed by atoms with E-state index in [4.69, 9.17) is 11.6 Å². The Labute approximate surface area is 137 Å². The van der Waals surface area contributed by atoms with Gasteiger partial charge in [-0.05, 0) is 47.6 Å². The highest BCUT2D eigenvalue weighted by Gasteiger charge is 2.14. The maximum Gasteiger partial charge on any atom is 0.0751 e. The van der Waals surface area contributed by atoms with Gasteiger partial charge in [-0.1, -0.05) is 61.8 Å². The van der Waals surface area contributed by atoms with Crippen molar-refractivity contribution in [1.29, 1.82) is 0 Å². The highest BCUT2D eigenvalue weighted by Crippen LogP contribution is 2.31. The van der Waals surface area contributed by atoms with Crippen molar-refractivity contribution in [3.63, 3.8) is 0 Å². The van der Waals surface area contributed by atoms with Crippen molar-refractivity contribution < 1.29 is 0 Å². The van der Waals surface area contributed by atoms with E-state index in [1.807, 2.05) is 12.3 Å². The van der Waals surface area contributed by atoms with Crippen molar-refractivity contribution >= 4 is 22.5 Å². The van der Waals surface area contributed by atoms with Gasteiger partial charge in [0.05, 0.1) is 5.52 Å². The van der Waals surface area contributed by atoms with E-state index >= 15 is 0 Å². The zero-order valence-corrected chi connectivity index (χ0v) is 13.8. The normalized spacial score (nSPS) is 12.5. The first-order chi connectivity index (χ1) is 10.7. The minimum absolute atomic E-state index is 0.413. The molecule has 0 saturated heterocycles. The van der Waals surface area contributed by atoms with E-state index < -0.39 is 0 Å². The van der Waals surface area contributed by atoms with Crippen LogP contribution in [0.25, 0.3) is 10.9 Å². The zero-order chi connectivity index (χ0) is 15.5. The van der Waals surface area contributed by atoms with Crippen LogP contribution < -0.4 is 0 Å². The van der Waals surface area contributed by atoms with Gasteiger partial charge in [0, 0.05) is 16.6 Å². The maximum absolute atomic E-state index is 6.49. The summed E-state index contributed by atoms with van der Waals surface area (Å²) in [5.41, 5.74) is 4.87. The highest BCUT2D eigenvalue weighted by molar-refractivity contribution is 6.32. The number of fused-ring (bicyclic) bond motifs is 1. The Balaban J connectivity index is 2.05. The van der Waals surface area contributed by atoms with Crippen LogP contribution in [0.3, 0.4) is 0 Å². The number of hydrogen-bond donors (Lipinski definition) is 0. The third kappa shape index (κ3) is 2.86. The third-order valence-electron chi connectivity index (χ3n) is 4.31. The molecule has 0 radical (unpaired) electrons. The molecule has 1 atom stereocenters. The lowest BCUT2D eigenvalue weighted by Crippen LogP contribution is -2.01. The molecule has 22 heavy (non-hydrogen) atoms. The van der Waals surface area contributed by atoms with Crippen LogP contribution in [0.2, 0.25) is 5.02 Å². The summed E-state index contributed by atoms with van der Waals surface area (Å²) in [6.07, 6.45) is 3.81. The Morgan fingerprint density at radius 2 is 1.82 bits per heavy atom. The average molecular weight is 310 g/mol. The Kier molecular flexibility index (Phi) is 4.44. The Hall–Kier alpha value is -1.86. The van der Waals surface area contributed by atoms with Crippen LogP contribution in [0.4, 0.5) is 0 Å². The summed E-state index contributed by atoms with van der Waals surface area (Å²) in [5.74, 6) is 0.413. The van der Waals surface area contributed by atoms with E-state index in [0.717, 1.165) is 28.9 Å². The van der Waals surface area contributed by atoms with Gasteiger partial charge in [0.25, 0.3) is 0 Å². The molecular weight excluding hydrogens is 290 g/mol. The van der Waals surface area contributed by atoms with Gasteiger partial charge in [0.2, 0.25) is 0 Å². The second kappa shape index (κ2) is 6.50. The molecular formula is C20H20ClN. The van der Waals surface area contributed by atoms with Crippen molar-refractivity contribution in [2.75, 3.05) is 0 Å². The molecule has 0 N–H and O–H groups in total. The van der Waals surface area contributed by atoms with Crippen LogP contribution >= 0.6 is 11.6 Å². The molecule has 3 rings (SSSR count). The van der Waals surface area contributed by atoms with Gasteiger partial charge < -0.3 is 0 Å². The number of benzene rings is 2. The van der Waals surface area contributed by atoms with Crippen molar-refractivity contribution in [1.82, 2.24) is 4.98 Å². The molecule has 1 heterocycles. The molecule has 3 aromatic rings. The molecule has 0 saturated carbocycles. The number of rotatable bonds is 4. The van der Waals surface area contributed by atoms with Gasteiger partial charge in [0.1, 0.15) is 0 Å². The van der Waals surface area contributed by atoms with Crippen molar-refractivity contribution in [2.24, 2.45) is 0 Å². The lowest BCUT2D eigenvalue weighted by atomic mass is 9.92. The fourth-order valence-corrected chi connectivity index (χ4v) is 3.25. The molecule has 112 valence electrons. The molecule has 0 aliphatic heterocycles. The van der Waals surface area contributed by atoms with Crippen LogP contribution in [0, 0.1) is 0 Å². The fraction of sp³-hybridized carbons (Fsp3) is 0.250. The van der Waals surface area contributed by atoms with Crippen LogP contribution in [0.5, 0.6) is 0 Å². The van der Waals surface area contributed by atoms with Gasteiger partial charge in [-0.15, -0.1) is 0 Å². The number of halogens is 1. The predicted octanol–water partition coefficient (Wildman–Crippen LogP) is 5.80. The number of aryl methyl sites for hydroxylation is 1. The quantitative estimate of drug-likeness (QED) is 0.594. The largest absolute Gasteiger partial charge is 0.256 e. The standard InChI is InChI=1S/C20H20ClN/c1-3-15-11-12-22-20-17(15)9-10-19(21)18(20)13-14(2)16-7-5-4-6-8-16/h4-12,14H,3,13H2,1-2H3. The minimum atomic E-state index is 0.413. The summed E-state index contributed by atoms with van der Waals surface area (Å²) in [5, 5.41) is 2.04. The SMILES string of the molecule is CCc1ccnc2c(CC(C)c3ccccc3)c(Cl)ccc12. The third-order valence-corrected chi connectivity index (χ3v) is 4.66. The summed E-state index contributed by atoms with van der Waals surface area (Å²) in [6.45, 7) is 4.42. The Morgan fingerprint density at radius 1 is 1.05 bits per heavy atom. The molecule has 0 spiro atoms. The number of aromatic nitrogens is 1. The molecule has 1 aromatic heterocycles. The Bertz CT molecular complexity index is 780. The second-order valence-corrected chi connectivity index (χ2v) is 6.17. The van der Waals surface area contributed by atoms with Gasteiger partial charge in [-0.2, -0.15) is 0 Å². The summed E-state index contributed by atoms with van der Waals surface area (Å²) < 4.78 is 0. The number of hydrogen-bond acceptors (Lipinski definition) is 1. The molecule has 2 aromatic carbocycles. The van der Waals surface area contributed by atoms with Gasteiger partial charge >= 0.3 is 0 Å². The van der Waals surface area contributed by atoms with Crippen molar-refractivity contribution in [3.8, 4) is 0 Å². The molecule has 2 heteroatoms. The second-order valence-electron chi connectivity index (χ2n) is 5.76. The monoisotopic (exact) mass is 309 g/mol. The smallest absolute Gasteiger partial charge is 0.0751 e. The highest BCUT2D eigenvalue weighted by atomic mass is 35.5.